The molecular formula is C25H22FN3O4S. The van der Waals surface area contributed by atoms with Crippen LogP contribution in [0.25, 0.3) is 22.2 Å². The number of hydrogen-bond acceptors (Lipinski definition) is 7. The number of para-hydroxylation sites is 1. The number of carbonyl (C=O) groups is 1. The lowest BCUT2D eigenvalue weighted by molar-refractivity contribution is -0.147. The number of nitrogens with zero attached hydrogens (tertiary/aromatic N) is 3. The van der Waals surface area contributed by atoms with E-state index in [-0.39, 0.29) is 17.6 Å². The van der Waals surface area contributed by atoms with Gasteiger partial charge in [-0.3, -0.25) is 9.69 Å². The maximum atomic E-state index is 14.7. The maximum Gasteiger partial charge on any atom is 0.309 e. The van der Waals surface area contributed by atoms with Crippen LogP contribution in [-0.2, 0) is 17.8 Å². The van der Waals surface area contributed by atoms with Gasteiger partial charge in [-0.15, -0.1) is 11.3 Å². The standard InChI is InChI=1S/C25H22FN3O4S/c1-2-15-10-19(14-29-12-17(13-29)25(30)31)34-22(15)23-27-24(33-28-23)16-8-9-21(20(26)11-16)32-18-6-4-3-5-7-18/h3-11,17H,2,12-14H2,1H3,(H,30,31). The van der Waals surface area contributed by atoms with Crippen molar-refractivity contribution in [2.24, 2.45) is 5.92 Å². The van der Waals surface area contributed by atoms with Crippen LogP contribution < -0.4 is 4.74 Å². The summed E-state index contributed by atoms with van der Waals surface area (Å²) >= 11 is 1.57. The number of benzene rings is 2. The first-order valence-electron chi connectivity index (χ1n) is 10.9. The van der Waals surface area contributed by atoms with Crippen molar-refractivity contribution >= 4 is 17.3 Å². The summed E-state index contributed by atoms with van der Waals surface area (Å²) in [5, 5.41) is 13.2. The molecule has 174 valence electrons. The van der Waals surface area contributed by atoms with Gasteiger partial charge in [0.2, 0.25) is 5.82 Å². The van der Waals surface area contributed by atoms with Crippen LogP contribution >= 0.6 is 11.3 Å². The first-order chi connectivity index (χ1) is 16.5. The van der Waals surface area contributed by atoms with Crippen LogP contribution in [0.1, 0.15) is 17.4 Å². The number of likely N-dealkylation sites (tertiary alicyclic amines) is 1. The van der Waals surface area contributed by atoms with E-state index in [2.05, 4.69) is 28.0 Å². The molecule has 34 heavy (non-hydrogen) atoms. The molecule has 1 fully saturated rings. The summed E-state index contributed by atoms with van der Waals surface area (Å²) in [6.07, 6.45) is 0.799. The minimum atomic E-state index is -0.743. The molecule has 5 rings (SSSR count). The van der Waals surface area contributed by atoms with Crippen molar-refractivity contribution in [1.82, 2.24) is 15.0 Å². The molecule has 9 heteroatoms. The van der Waals surface area contributed by atoms with Gasteiger partial charge >= 0.3 is 5.97 Å². The molecule has 7 nitrogen and oxygen atoms in total. The highest BCUT2D eigenvalue weighted by molar-refractivity contribution is 7.15. The van der Waals surface area contributed by atoms with Gasteiger partial charge in [-0.05, 0) is 48.4 Å². The molecule has 1 saturated heterocycles. The molecule has 0 unspecified atom stereocenters. The Kier molecular flexibility index (Phi) is 6.12. The molecule has 1 N–H and O–H groups in total. The Morgan fingerprint density at radius 2 is 2.03 bits per heavy atom. The minimum Gasteiger partial charge on any atom is -0.481 e. The van der Waals surface area contributed by atoms with Crippen LogP contribution in [0.4, 0.5) is 4.39 Å². The van der Waals surface area contributed by atoms with Gasteiger partial charge in [0.15, 0.2) is 11.6 Å². The van der Waals surface area contributed by atoms with Gasteiger partial charge in [-0.1, -0.05) is 30.3 Å². The van der Waals surface area contributed by atoms with Gasteiger partial charge in [-0.2, -0.15) is 4.98 Å². The Bertz CT molecular complexity index is 1310. The Morgan fingerprint density at radius 1 is 1.24 bits per heavy atom. The molecule has 0 saturated carbocycles. The van der Waals surface area contributed by atoms with Gasteiger partial charge in [0.25, 0.3) is 5.89 Å². The van der Waals surface area contributed by atoms with Crippen LogP contribution in [0.5, 0.6) is 11.5 Å². The Hall–Kier alpha value is -3.56. The zero-order valence-electron chi connectivity index (χ0n) is 18.4. The summed E-state index contributed by atoms with van der Waals surface area (Å²) in [5.41, 5.74) is 1.56. The largest absolute Gasteiger partial charge is 0.481 e. The fourth-order valence-electron chi connectivity index (χ4n) is 3.86. The number of aliphatic carboxylic acids is 1. The summed E-state index contributed by atoms with van der Waals surface area (Å²) < 4.78 is 25.7. The summed E-state index contributed by atoms with van der Waals surface area (Å²) in [6, 6.07) is 15.7. The predicted molar refractivity (Wildman–Crippen MR) is 125 cm³/mol. The fourth-order valence-corrected chi connectivity index (χ4v) is 5.08. The number of aromatic nitrogens is 2. The maximum absolute atomic E-state index is 14.7. The quantitative estimate of drug-likeness (QED) is 0.358. The third-order valence-corrected chi connectivity index (χ3v) is 6.86. The third-order valence-electron chi connectivity index (χ3n) is 5.71. The van der Waals surface area contributed by atoms with E-state index in [4.69, 9.17) is 14.4 Å². The van der Waals surface area contributed by atoms with E-state index < -0.39 is 11.8 Å². The van der Waals surface area contributed by atoms with Gasteiger partial charge < -0.3 is 14.4 Å². The highest BCUT2D eigenvalue weighted by Gasteiger charge is 2.32. The number of halogens is 1. The molecule has 0 spiro atoms. The van der Waals surface area contributed by atoms with Crippen LogP contribution in [0, 0.1) is 11.7 Å². The summed E-state index contributed by atoms with van der Waals surface area (Å²) in [6.45, 7) is 3.87. The zero-order chi connectivity index (χ0) is 23.7. The van der Waals surface area contributed by atoms with E-state index in [9.17, 15) is 9.18 Å². The highest BCUT2D eigenvalue weighted by atomic mass is 32.1. The SMILES string of the molecule is CCc1cc(CN2CC(C(=O)O)C2)sc1-c1noc(-c2ccc(Oc3ccccc3)c(F)c2)n1. The van der Waals surface area contributed by atoms with Gasteiger partial charge in [-0.25, -0.2) is 4.39 Å². The van der Waals surface area contributed by atoms with Crippen LogP contribution in [-0.4, -0.2) is 39.2 Å². The van der Waals surface area contributed by atoms with E-state index in [0.717, 1.165) is 21.7 Å². The Morgan fingerprint density at radius 3 is 2.74 bits per heavy atom. The van der Waals surface area contributed by atoms with Crippen LogP contribution in [0.15, 0.2) is 59.1 Å². The molecule has 3 heterocycles. The topological polar surface area (TPSA) is 88.7 Å². The number of carboxylic acid groups (broad SMARTS) is 1. The predicted octanol–water partition coefficient (Wildman–Crippen LogP) is 5.48. The van der Waals surface area contributed by atoms with Crippen LogP contribution in [0.2, 0.25) is 0 Å². The van der Waals surface area contributed by atoms with Crippen molar-refractivity contribution in [3.05, 3.63) is 70.9 Å². The Balaban J connectivity index is 1.32. The number of carboxylic acids is 1. The number of rotatable bonds is 8. The molecule has 1 aliphatic rings. The Labute approximate surface area is 199 Å². The average molecular weight is 480 g/mol. The highest BCUT2D eigenvalue weighted by Crippen LogP contribution is 2.35. The number of thiophene rings is 1. The zero-order valence-corrected chi connectivity index (χ0v) is 19.2. The van der Waals surface area contributed by atoms with Gasteiger partial charge in [0.1, 0.15) is 5.75 Å². The van der Waals surface area contributed by atoms with Gasteiger partial charge in [0.05, 0.1) is 10.8 Å². The molecule has 2 aromatic carbocycles. The van der Waals surface area contributed by atoms with Gasteiger partial charge in [0, 0.05) is 30.1 Å². The summed E-state index contributed by atoms with van der Waals surface area (Å²) in [5.74, 6) is -0.205. The normalized spacial score (nSPS) is 14.2. The van der Waals surface area contributed by atoms with E-state index in [1.54, 1.807) is 35.6 Å². The second-order valence-electron chi connectivity index (χ2n) is 8.13. The summed E-state index contributed by atoms with van der Waals surface area (Å²) in [4.78, 5) is 19.7. The monoisotopic (exact) mass is 479 g/mol. The smallest absolute Gasteiger partial charge is 0.309 e. The van der Waals surface area contributed by atoms with E-state index in [1.165, 1.54) is 6.07 Å². The first-order valence-corrected chi connectivity index (χ1v) is 11.8. The molecule has 0 atom stereocenters. The average Bonchev–Trinajstić information content (AvgIpc) is 3.45. The van der Waals surface area contributed by atoms with Crippen molar-refractivity contribution in [3.8, 4) is 33.7 Å². The van der Waals surface area contributed by atoms with Crippen molar-refractivity contribution < 1.29 is 23.6 Å². The fraction of sp³-hybridized carbons (Fsp3) is 0.240. The van der Waals surface area contributed by atoms with Crippen molar-refractivity contribution in [1.29, 1.82) is 0 Å². The molecule has 4 aromatic rings. The van der Waals surface area contributed by atoms with E-state index in [0.29, 0.717) is 36.8 Å². The summed E-state index contributed by atoms with van der Waals surface area (Å²) in [7, 11) is 0. The number of ether oxygens (including phenoxy) is 1. The van der Waals surface area contributed by atoms with Crippen molar-refractivity contribution in [2.45, 2.75) is 19.9 Å². The van der Waals surface area contributed by atoms with Crippen molar-refractivity contribution in [2.75, 3.05) is 13.1 Å². The molecule has 0 radical (unpaired) electrons. The molecular weight excluding hydrogens is 457 g/mol. The van der Waals surface area contributed by atoms with E-state index >= 15 is 0 Å². The molecule has 0 amide bonds. The molecule has 0 bridgehead atoms. The minimum absolute atomic E-state index is 0.113. The lowest BCUT2D eigenvalue weighted by atomic mass is 10.0. The third kappa shape index (κ3) is 4.57. The second-order valence-corrected chi connectivity index (χ2v) is 9.27. The van der Waals surface area contributed by atoms with E-state index in [1.807, 2.05) is 18.2 Å². The number of hydrogen-bond donors (Lipinski definition) is 1. The molecule has 0 aliphatic carbocycles. The number of aryl methyl sites for hydroxylation is 1. The van der Waals surface area contributed by atoms with Crippen LogP contribution in [0.3, 0.4) is 0 Å². The molecule has 1 aliphatic heterocycles. The lowest BCUT2D eigenvalue weighted by Gasteiger charge is -2.36. The first kappa shape index (κ1) is 22.2. The molecule has 2 aromatic heterocycles. The lowest BCUT2D eigenvalue weighted by Crippen LogP contribution is -2.49. The second kappa shape index (κ2) is 9.36. The van der Waals surface area contributed by atoms with Crippen molar-refractivity contribution in [3.63, 3.8) is 0 Å².